The van der Waals surface area contributed by atoms with Crippen LogP contribution in [0.2, 0.25) is 0 Å². The summed E-state index contributed by atoms with van der Waals surface area (Å²) in [5.74, 6) is 1.10. The van der Waals surface area contributed by atoms with E-state index in [2.05, 4.69) is 0 Å². The van der Waals surface area contributed by atoms with Crippen LogP contribution in [0.4, 0.5) is 0 Å². The van der Waals surface area contributed by atoms with Gasteiger partial charge in [-0.1, -0.05) is 36.4 Å². The Kier molecular flexibility index (Phi) is 7.09. The van der Waals surface area contributed by atoms with Crippen molar-refractivity contribution in [3.8, 4) is 17.6 Å². The lowest BCUT2D eigenvalue weighted by molar-refractivity contribution is 0.0878. The fourth-order valence-corrected chi connectivity index (χ4v) is 2.19. The van der Waals surface area contributed by atoms with Gasteiger partial charge in [0.2, 0.25) is 0 Å². The van der Waals surface area contributed by atoms with E-state index in [0.717, 1.165) is 5.56 Å². The molecule has 1 atom stereocenters. The normalized spacial score (nSPS) is 11.5. The molecule has 0 heterocycles. The van der Waals surface area contributed by atoms with Gasteiger partial charge in [-0.15, -0.1) is 0 Å². The lowest BCUT2D eigenvalue weighted by Gasteiger charge is -2.14. The number of nitrogens with zero attached hydrogens (tertiary/aromatic N) is 1. The summed E-state index contributed by atoms with van der Waals surface area (Å²) in [6.45, 7) is 1.33. The van der Waals surface area contributed by atoms with Gasteiger partial charge in [-0.05, 0) is 23.3 Å². The Morgan fingerprint density at radius 2 is 1.88 bits per heavy atom. The van der Waals surface area contributed by atoms with Crippen LogP contribution in [0.5, 0.6) is 11.5 Å². The molecule has 1 unspecified atom stereocenters. The summed E-state index contributed by atoms with van der Waals surface area (Å²) in [5.41, 5.74) is 1.73. The molecule has 5 heteroatoms. The Bertz CT molecular complexity index is 667. The van der Waals surface area contributed by atoms with Gasteiger partial charge in [-0.2, -0.15) is 5.26 Å². The summed E-state index contributed by atoms with van der Waals surface area (Å²) < 4.78 is 16.5. The predicted molar refractivity (Wildman–Crippen MR) is 89.8 cm³/mol. The van der Waals surface area contributed by atoms with Gasteiger partial charge in [-0.25, -0.2) is 0 Å². The lowest BCUT2D eigenvalue weighted by Crippen LogP contribution is -2.08. The van der Waals surface area contributed by atoms with Crippen molar-refractivity contribution in [2.45, 2.75) is 19.1 Å². The SMILES string of the molecule is COc1ccc(C(O)CC#N)cc1OCCOCc1ccccc1. The average molecular weight is 327 g/mol. The third-order valence-electron chi connectivity index (χ3n) is 3.45. The summed E-state index contributed by atoms with van der Waals surface area (Å²) in [5, 5.41) is 18.6. The highest BCUT2D eigenvalue weighted by Gasteiger charge is 2.12. The highest BCUT2D eigenvalue weighted by atomic mass is 16.5. The van der Waals surface area contributed by atoms with Crippen molar-refractivity contribution >= 4 is 0 Å². The molecule has 0 saturated heterocycles. The second kappa shape index (κ2) is 9.56. The quantitative estimate of drug-likeness (QED) is 0.716. The maximum Gasteiger partial charge on any atom is 0.161 e. The van der Waals surface area contributed by atoms with Crippen molar-refractivity contribution < 1.29 is 19.3 Å². The summed E-state index contributed by atoms with van der Waals surface area (Å²) in [7, 11) is 1.56. The molecule has 0 aliphatic rings. The maximum atomic E-state index is 9.90. The van der Waals surface area contributed by atoms with E-state index in [4.69, 9.17) is 19.5 Å². The standard InChI is InChI=1S/C19H21NO4/c1-22-18-8-7-16(17(21)9-10-20)13-19(18)24-12-11-23-14-15-5-3-2-4-6-15/h2-8,13,17,21H,9,11-12,14H2,1H3. The number of aliphatic hydroxyl groups is 1. The third-order valence-corrected chi connectivity index (χ3v) is 3.45. The van der Waals surface area contributed by atoms with Gasteiger partial charge in [0.05, 0.1) is 38.9 Å². The van der Waals surface area contributed by atoms with Crippen molar-refractivity contribution in [3.63, 3.8) is 0 Å². The van der Waals surface area contributed by atoms with Crippen LogP contribution in [0.15, 0.2) is 48.5 Å². The van der Waals surface area contributed by atoms with Crippen LogP contribution in [-0.2, 0) is 11.3 Å². The summed E-state index contributed by atoms with van der Waals surface area (Å²) in [6.07, 6.45) is -0.802. The first-order chi connectivity index (χ1) is 11.7. The van der Waals surface area contributed by atoms with Gasteiger partial charge in [0.15, 0.2) is 11.5 Å². The molecule has 0 bridgehead atoms. The fraction of sp³-hybridized carbons (Fsp3) is 0.316. The Hall–Kier alpha value is -2.55. The van der Waals surface area contributed by atoms with E-state index >= 15 is 0 Å². The Labute approximate surface area is 142 Å². The second-order valence-corrected chi connectivity index (χ2v) is 5.17. The second-order valence-electron chi connectivity index (χ2n) is 5.17. The molecule has 0 spiro atoms. The number of hydrogen-bond donors (Lipinski definition) is 1. The van der Waals surface area contributed by atoms with Crippen molar-refractivity contribution in [3.05, 3.63) is 59.7 Å². The molecule has 0 aromatic heterocycles. The van der Waals surface area contributed by atoms with Crippen LogP contribution in [0.1, 0.15) is 23.7 Å². The van der Waals surface area contributed by atoms with Gasteiger partial charge < -0.3 is 19.3 Å². The predicted octanol–water partition coefficient (Wildman–Crippen LogP) is 3.24. The fourth-order valence-electron chi connectivity index (χ4n) is 2.19. The Morgan fingerprint density at radius 3 is 2.58 bits per heavy atom. The number of ether oxygens (including phenoxy) is 3. The summed E-state index contributed by atoms with van der Waals surface area (Å²) in [6, 6.07) is 17.0. The lowest BCUT2D eigenvalue weighted by atomic mass is 10.1. The van der Waals surface area contributed by atoms with Crippen molar-refractivity contribution in [1.29, 1.82) is 5.26 Å². The molecular weight excluding hydrogens is 306 g/mol. The molecule has 1 N–H and O–H groups in total. The Morgan fingerprint density at radius 1 is 1.08 bits per heavy atom. The van der Waals surface area contributed by atoms with E-state index in [-0.39, 0.29) is 6.42 Å². The van der Waals surface area contributed by atoms with Gasteiger partial charge in [0, 0.05) is 0 Å². The monoisotopic (exact) mass is 327 g/mol. The van der Waals surface area contributed by atoms with E-state index in [9.17, 15) is 5.11 Å². The van der Waals surface area contributed by atoms with Gasteiger partial charge >= 0.3 is 0 Å². The topological polar surface area (TPSA) is 71.7 Å². The molecule has 2 rings (SSSR count). The highest BCUT2D eigenvalue weighted by molar-refractivity contribution is 5.43. The minimum Gasteiger partial charge on any atom is -0.493 e. The molecule has 5 nitrogen and oxygen atoms in total. The van der Waals surface area contributed by atoms with Crippen molar-refractivity contribution in [2.24, 2.45) is 0 Å². The van der Waals surface area contributed by atoms with Gasteiger partial charge in [0.1, 0.15) is 6.61 Å². The molecule has 126 valence electrons. The van der Waals surface area contributed by atoms with Crippen LogP contribution >= 0.6 is 0 Å². The first-order valence-corrected chi connectivity index (χ1v) is 7.72. The van der Waals surface area contributed by atoms with Crippen LogP contribution in [0.3, 0.4) is 0 Å². The van der Waals surface area contributed by atoms with Crippen LogP contribution < -0.4 is 9.47 Å². The molecule has 2 aromatic carbocycles. The molecular formula is C19H21NO4. The van der Waals surface area contributed by atoms with E-state index < -0.39 is 6.10 Å². The Balaban J connectivity index is 1.86. The number of benzene rings is 2. The zero-order valence-corrected chi connectivity index (χ0v) is 13.6. The highest BCUT2D eigenvalue weighted by Crippen LogP contribution is 2.31. The van der Waals surface area contributed by atoms with Gasteiger partial charge in [0.25, 0.3) is 0 Å². The number of methoxy groups -OCH3 is 1. The molecule has 2 aromatic rings. The maximum absolute atomic E-state index is 9.90. The zero-order valence-electron chi connectivity index (χ0n) is 13.6. The van der Waals surface area contributed by atoms with E-state index in [1.807, 2.05) is 36.4 Å². The third kappa shape index (κ3) is 5.27. The molecule has 0 aliphatic heterocycles. The van der Waals surface area contributed by atoms with E-state index in [1.165, 1.54) is 0 Å². The molecule has 0 amide bonds. The molecule has 0 aliphatic carbocycles. The van der Waals surface area contributed by atoms with Crippen LogP contribution in [0.25, 0.3) is 0 Å². The zero-order chi connectivity index (χ0) is 17.2. The van der Waals surface area contributed by atoms with Crippen LogP contribution in [-0.4, -0.2) is 25.4 Å². The largest absolute Gasteiger partial charge is 0.493 e. The summed E-state index contributed by atoms with van der Waals surface area (Å²) in [4.78, 5) is 0. The smallest absolute Gasteiger partial charge is 0.161 e. The van der Waals surface area contributed by atoms with Gasteiger partial charge in [-0.3, -0.25) is 0 Å². The molecule has 0 radical (unpaired) electrons. The first-order valence-electron chi connectivity index (χ1n) is 7.72. The molecule has 24 heavy (non-hydrogen) atoms. The first kappa shape index (κ1) is 17.8. The number of hydrogen-bond acceptors (Lipinski definition) is 5. The average Bonchev–Trinajstić information content (AvgIpc) is 2.62. The number of aliphatic hydroxyl groups excluding tert-OH is 1. The number of rotatable bonds is 9. The van der Waals surface area contributed by atoms with Crippen LogP contribution in [0, 0.1) is 11.3 Å². The minimum absolute atomic E-state index is 0.0337. The molecule has 0 saturated carbocycles. The molecule has 0 fully saturated rings. The van der Waals surface area contributed by atoms with Crippen molar-refractivity contribution in [2.75, 3.05) is 20.3 Å². The minimum atomic E-state index is -0.836. The van der Waals surface area contributed by atoms with Crippen molar-refractivity contribution in [1.82, 2.24) is 0 Å². The van der Waals surface area contributed by atoms with E-state index in [1.54, 1.807) is 25.3 Å². The summed E-state index contributed by atoms with van der Waals surface area (Å²) >= 11 is 0. The van der Waals surface area contributed by atoms with E-state index in [0.29, 0.717) is 36.9 Å². The number of nitriles is 1.